The van der Waals surface area contributed by atoms with Gasteiger partial charge in [0.15, 0.2) is 5.82 Å². The Bertz CT molecular complexity index is 1610. The number of carbonyl (C=O) groups is 1. The molecule has 5 rings (SSSR count). The maximum absolute atomic E-state index is 13.1. The zero-order valence-corrected chi connectivity index (χ0v) is 24.8. The largest absolute Gasteiger partial charge is 0.336 e. The van der Waals surface area contributed by atoms with Crippen LogP contribution in [0.3, 0.4) is 0 Å². The van der Waals surface area contributed by atoms with Crippen molar-refractivity contribution in [1.29, 1.82) is 0 Å². The van der Waals surface area contributed by atoms with Crippen molar-refractivity contribution in [1.82, 2.24) is 14.5 Å². The number of anilines is 3. The molecule has 0 spiro atoms. The first-order valence-electron chi connectivity index (χ1n) is 14.2. The summed E-state index contributed by atoms with van der Waals surface area (Å²) in [6.07, 6.45) is 4.28. The Labute approximate surface area is 242 Å². The second-order valence-corrected chi connectivity index (χ2v) is 12.1. The minimum absolute atomic E-state index is 0.0203. The number of amides is 1. The normalized spacial score (nSPS) is 13.3. The van der Waals surface area contributed by atoms with Crippen LogP contribution in [0.15, 0.2) is 77.7 Å². The predicted molar refractivity (Wildman–Crippen MR) is 167 cm³/mol. The molecule has 0 atom stereocenters. The molecule has 1 aliphatic rings. The molecule has 7 nitrogen and oxygen atoms in total. The van der Waals surface area contributed by atoms with E-state index >= 15 is 0 Å². The summed E-state index contributed by atoms with van der Waals surface area (Å²) in [5, 5.41) is 6.26. The van der Waals surface area contributed by atoms with Gasteiger partial charge in [0.25, 0.3) is 11.5 Å². The Morgan fingerprint density at radius 2 is 1.71 bits per heavy atom. The molecule has 1 amide bonds. The number of rotatable bonds is 8. The van der Waals surface area contributed by atoms with Crippen molar-refractivity contribution in [2.75, 3.05) is 17.7 Å². The molecule has 212 valence electrons. The fourth-order valence-electron chi connectivity index (χ4n) is 4.94. The van der Waals surface area contributed by atoms with E-state index in [1.54, 1.807) is 13.2 Å². The zero-order chi connectivity index (χ0) is 29.3. The molecule has 0 unspecified atom stereocenters. The van der Waals surface area contributed by atoms with E-state index in [9.17, 15) is 9.59 Å². The summed E-state index contributed by atoms with van der Waals surface area (Å²) in [7, 11) is 3.88. The van der Waals surface area contributed by atoms with E-state index in [0.29, 0.717) is 23.0 Å². The lowest BCUT2D eigenvalue weighted by Gasteiger charge is -2.19. The molecular formula is C34H39N5O2. The average Bonchev–Trinajstić information content (AvgIpc) is 3.79. The number of nitrogens with zero attached hydrogens (tertiary/aromatic N) is 3. The maximum atomic E-state index is 13.1. The molecule has 1 fully saturated rings. The first-order valence-corrected chi connectivity index (χ1v) is 14.2. The second kappa shape index (κ2) is 11.3. The third-order valence-electron chi connectivity index (χ3n) is 7.76. The number of benzene rings is 3. The number of nitrogens with one attached hydrogen (secondary N) is 2. The fraction of sp³-hybridized carbons (Fsp3) is 0.324. The van der Waals surface area contributed by atoms with E-state index in [-0.39, 0.29) is 22.7 Å². The van der Waals surface area contributed by atoms with Gasteiger partial charge >= 0.3 is 0 Å². The summed E-state index contributed by atoms with van der Waals surface area (Å²) >= 11 is 0. The summed E-state index contributed by atoms with van der Waals surface area (Å²) in [4.78, 5) is 33.1. The molecule has 3 aromatic carbocycles. The predicted octanol–water partition coefficient (Wildman–Crippen LogP) is 6.64. The van der Waals surface area contributed by atoms with Gasteiger partial charge < -0.3 is 15.2 Å². The van der Waals surface area contributed by atoms with Crippen molar-refractivity contribution in [3.05, 3.63) is 106 Å². The first kappa shape index (κ1) is 28.3. The molecule has 1 aromatic heterocycles. The highest BCUT2D eigenvalue weighted by atomic mass is 16.1. The van der Waals surface area contributed by atoms with Crippen LogP contribution < -0.4 is 16.2 Å². The second-order valence-electron chi connectivity index (χ2n) is 12.1. The highest BCUT2D eigenvalue weighted by Crippen LogP contribution is 2.29. The monoisotopic (exact) mass is 549 g/mol. The molecule has 1 saturated carbocycles. The van der Waals surface area contributed by atoms with Crippen LogP contribution in [0.5, 0.6) is 0 Å². The lowest BCUT2D eigenvalue weighted by molar-refractivity contribution is 0.102. The summed E-state index contributed by atoms with van der Waals surface area (Å²) in [5.74, 6) is 0.0777. The van der Waals surface area contributed by atoms with Crippen LogP contribution in [0, 0.1) is 6.92 Å². The van der Waals surface area contributed by atoms with Gasteiger partial charge in [-0.1, -0.05) is 57.2 Å². The molecule has 1 heterocycles. The van der Waals surface area contributed by atoms with Gasteiger partial charge in [-0.15, -0.1) is 0 Å². The molecule has 41 heavy (non-hydrogen) atoms. The number of aryl methyl sites for hydroxylation is 1. The van der Waals surface area contributed by atoms with Crippen molar-refractivity contribution < 1.29 is 4.79 Å². The van der Waals surface area contributed by atoms with E-state index in [4.69, 9.17) is 4.98 Å². The van der Waals surface area contributed by atoms with Crippen molar-refractivity contribution >= 4 is 23.1 Å². The van der Waals surface area contributed by atoms with Crippen molar-refractivity contribution in [2.24, 2.45) is 7.05 Å². The molecular weight excluding hydrogens is 510 g/mol. The molecule has 4 aromatic rings. The van der Waals surface area contributed by atoms with E-state index in [0.717, 1.165) is 23.4 Å². The van der Waals surface area contributed by atoms with Crippen LogP contribution >= 0.6 is 0 Å². The molecule has 0 bridgehead atoms. The van der Waals surface area contributed by atoms with Gasteiger partial charge in [-0.25, -0.2) is 4.98 Å². The number of hydrogen-bond donors (Lipinski definition) is 2. The van der Waals surface area contributed by atoms with Crippen molar-refractivity contribution in [2.45, 2.75) is 58.5 Å². The van der Waals surface area contributed by atoms with E-state index < -0.39 is 0 Å². The van der Waals surface area contributed by atoms with Gasteiger partial charge in [0.1, 0.15) is 0 Å². The summed E-state index contributed by atoms with van der Waals surface area (Å²) in [6, 6.07) is 22.3. The molecule has 0 aliphatic heterocycles. The Hall–Kier alpha value is -4.23. The van der Waals surface area contributed by atoms with E-state index in [2.05, 4.69) is 55.5 Å². The highest BCUT2D eigenvalue weighted by molar-refractivity contribution is 6.05. The number of hydrogen-bond acceptors (Lipinski definition) is 5. The third kappa shape index (κ3) is 6.57. The highest BCUT2D eigenvalue weighted by Gasteiger charge is 2.25. The van der Waals surface area contributed by atoms with Crippen LogP contribution in [0.4, 0.5) is 17.2 Å². The molecule has 2 N–H and O–H groups in total. The zero-order valence-electron chi connectivity index (χ0n) is 24.8. The summed E-state index contributed by atoms with van der Waals surface area (Å²) < 4.78 is 1.53. The molecule has 0 saturated heterocycles. The van der Waals surface area contributed by atoms with Crippen LogP contribution in [-0.4, -0.2) is 33.4 Å². The standard InChI is InChI=1S/C34H39N5O2/c1-22-28(8-7-9-29(22)37-32(40)24-12-14-25(15-13-24)34(2,3)4)30-21-39(6)33(41)31(36-30)35-26-16-10-23(11-17-26)20-38(5)27-18-19-27/h7-17,21,27H,18-20H2,1-6H3,(H,35,36)(H,37,40). The average molecular weight is 550 g/mol. The van der Waals surface area contributed by atoms with Crippen LogP contribution in [-0.2, 0) is 19.0 Å². The van der Waals surface area contributed by atoms with Gasteiger partial charge in [-0.3, -0.25) is 14.5 Å². The SMILES string of the molecule is Cc1c(NC(=O)c2ccc(C(C)(C)C)cc2)cccc1-c1cn(C)c(=O)c(Nc2ccc(CN(C)C3CC3)cc2)n1. The quantitative estimate of drug-likeness (QED) is 0.257. The van der Waals surface area contributed by atoms with Crippen molar-refractivity contribution in [3.8, 4) is 11.3 Å². The summed E-state index contributed by atoms with van der Waals surface area (Å²) in [6.45, 7) is 9.31. The first-order chi connectivity index (χ1) is 19.5. The fourth-order valence-corrected chi connectivity index (χ4v) is 4.94. The molecule has 0 radical (unpaired) electrons. The topological polar surface area (TPSA) is 79.3 Å². The molecule has 1 aliphatic carbocycles. The van der Waals surface area contributed by atoms with Gasteiger partial charge in [0, 0.05) is 48.3 Å². The lowest BCUT2D eigenvalue weighted by Crippen LogP contribution is -2.22. The maximum Gasteiger partial charge on any atom is 0.293 e. The van der Waals surface area contributed by atoms with E-state index in [1.165, 1.54) is 28.5 Å². The Balaban J connectivity index is 1.35. The number of aromatic nitrogens is 2. The molecule has 7 heteroatoms. The van der Waals surface area contributed by atoms with Gasteiger partial charge in [0.2, 0.25) is 0 Å². The number of carbonyl (C=O) groups excluding carboxylic acids is 1. The lowest BCUT2D eigenvalue weighted by atomic mass is 9.86. The Kier molecular flexibility index (Phi) is 7.82. The van der Waals surface area contributed by atoms with Gasteiger partial charge in [-0.2, -0.15) is 0 Å². The summed E-state index contributed by atoms with van der Waals surface area (Å²) in [5.41, 5.74) is 6.66. The minimum Gasteiger partial charge on any atom is -0.336 e. The van der Waals surface area contributed by atoms with Crippen LogP contribution in [0.25, 0.3) is 11.3 Å². The van der Waals surface area contributed by atoms with Gasteiger partial charge in [-0.05, 0) is 79.3 Å². The van der Waals surface area contributed by atoms with E-state index in [1.807, 2.05) is 61.5 Å². The smallest absolute Gasteiger partial charge is 0.293 e. The Morgan fingerprint density at radius 1 is 1.02 bits per heavy atom. The Morgan fingerprint density at radius 3 is 2.34 bits per heavy atom. The van der Waals surface area contributed by atoms with Crippen LogP contribution in [0.2, 0.25) is 0 Å². The minimum atomic E-state index is -0.216. The third-order valence-corrected chi connectivity index (χ3v) is 7.76. The van der Waals surface area contributed by atoms with Gasteiger partial charge in [0.05, 0.1) is 5.69 Å². The van der Waals surface area contributed by atoms with Crippen LogP contribution in [0.1, 0.15) is 60.7 Å². The van der Waals surface area contributed by atoms with Crippen molar-refractivity contribution in [3.63, 3.8) is 0 Å².